The second kappa shape index (κ2) is 6.31. The maximum absolute atomic E-state index is 13.2. The molecule has 1 amide bonds. The fourth-order valence-corrected chi connectivity index (χ4v) is 5.08. The lowest BCUT2D eigenvalue weighted by Crippen LogP contribution is -2.54. The van der Waals surface area contributed by atoms with E-state index in [0.717, 1.165) is 11.3 Å². The summed E-state index contributed by atoms with van der Waals surface area (Å²) in [7, 11) is -3.41. The molecule has 3 heterocycles. The van der Waals surface area contributed by atoms with Crippen LogP contribution < -0.4 is 10.6 Å². The predicted molar refractivity (Wildman–Crippen MR) is 113 cm³/mol. The Balaban J connectivity index is 2.04. The van der Waals surface area contributed by atoms with Crippen LogP contribution in [0.4, 0.5) is 5.82 Å². The average molecular weight is 432 g/mol. The zero-order valence-corrected chi connectivity index (χ0v) is 18.2. The number of nitrogens with one attached hydrogen (secondary N) is 2. The summed E-state index contributed by atoms with van der Waals surface area (Å²) in [6, 6.07) is 8.49. The van der Waals surface area contributed by atoms with Crippen LogP contribution in [-0.2, 0) is 20.0 Å². The molecular weight excluding hydrogens is 410 g/mol. The molecule has 8 heteroatoms. The summed E-state index contributed by atoms with van der Waals surface area (Å²) in [5.74, 6) is 0.424. The number of carbonyl (C=O) groups excluding carboxylic acids is 1. The molecule has 2 aliphatic heterocycles. The van der Waals surface area contributed by atoms with Crippen molar-refractivity contribution in [2.45, 2.75) is 43.0 Å². The van der Waals surface area contributed by atoms with Crippen LogP contribution in [0.15, 0.2) is 52.7 Å². The van der Waals surface area contributed by atoms with Crippen LogP contribution in [-0.4, -0.2) is 31.1 Å². The molecule has 1 unspecified atom stereocenters. The summed E-state index contributed by atoms with van der Waals surface area (Å²) in [6.45, 7) is 5.84. The number of benzene rings is 1. The monoisotopic (exact) mass is 431 g/mol. The number of amides is 1. The van der Waals surface area contributed by atoms with Crippen molar-refractivity contribution < 1.29 is 13.2 Å². The zero-order chi connectivity index (χ0) is 21.2. The molecule has 0 spiro atoms. The average Bonchev–Trinajstić information content (AvgIpc) is 2.60. The van der Waals surface area contributed by atoms with Gasteiger partial charge in [0, 0.05) is 35.7 Å². The summed E-state index contributed by atoms with van der Waals surface area (Å²) in [5, 5.41) is 6.82. The van der Waals surface area contributed by atoms with E-state index in [4.69, 9.17) is 11.6 Å². The van der Waals surface area contributed by atoms with Gasteiger partial charge in [-0.25, -0.2) is 13.4 Å². The van der Waals surface area contributed by atoms with Crippen molar-refractivity contribution in [1.29, 1.82) is 0 Å². The van der Waals surface area contributed by atoms with Crippen LogP contribution in [0.3, 0.4) is 0 Å². The van der Waals surface area contributed by atoms with Gasteiger partial charge in [-0.15, -0.1) is 0 Å². The second-order valence-electron chi connectivity index (χ2n) is 8.47. The van der Waals surface area contributed by atoms with E-state index in [2.05, 4.69) is 15.6 Å². The lowest BCUT2D eigenvalue weighted by Gasteiger charge is -2.45. The van der Waals surface area contributed by atoms with E-state index < -0.39 is 20.8 Å². The smallest absolute Gasteiger partial charge is 0.250 e. The standard InChI is InChI=1S/C21H22ClN3O3S/c1-20(2)10-16-17(19(26)25-20)21(3,15-9-13(22)11-23-18(15)24-16)12-6-5-7-14(8-12)29(4,27)28/h5-9,11H,10H2,1-4H3,(H,23,24)(H,25,26). The number of pyridine rings is 1. The Bertz CT molecular complexity index is 1190. The number of carbonyl (C=O) groups is 1. The number of hydrogen-bond donors (Lipinski definition) is 2. The van der Waals surface area contributed by atoms with Crippen molar-refractivity contribution >= 4 is 33.2 Å². The van der Waals surface area contributed by atoms with E-state index in [-0.39, 0.29) is 10.8 Å². The van der Waals surface area contributed by atoms with Gasteiger partial charge < -0.3 is 10.6 Å². The van der Waals surface area contributed by atoms with Crippen molar-refractivity contribution in [1.82, 2.24) is 10.3 Å². The maximum Gasteiger partial charge on any atom is 0.250 e. The Morgan fingerprint density at radius 2 is 1.90 bits per heavy atom. The maximum atomic E-state index is 13.2. The lowest BCUT2D eigenvalue weighted by atomic mass is 9.66. The predicted octanol–water partition coefficient (Wildman–Crippen LogP) is 3.42. The molecule has 0 bridgehead atoms. The van der Waals surface area contributed by atoms with Gasteiger partial charge in [-0.2, -0.15) is 0 Å². The fraction of sp³-hybridized carbons (Fsp3) is 0.333. The number of fused-ring (bicyclic) bond motifs is 1. The molecule has 152 valence electrons. The van der Waals surface area contributed by atoms with Crippen molar-refractivity contribution in [3.63, 3.8) is 0 Å². The van der Waals surface area contributed by atoms with Gasteiger partial charge in [-0.3, -0.25) is 4.79 Å². The first-order valence-electron chi connectivity index (χ1n) is 9.22. The van der Waals surface area contributed by atoms with Crippen molar-refractivity contribution in [2.24, 2.45) is 0 Å². The number of nitrogens with zero attached hydrogens (tertiary/aromatic N) is 1. The Kier molecular flexibility index (Phi) is 4.33. The minimum Gasteiger partial charge on any atom is -0.347 e. The van der Waals surface area contributed by atoms with Gasteiger partial charge in [0.15, 0.2) is 9.84 Å². The van der Waals surface area contributed by atoms with Crippen molar-refractivity contribution in [3.05, 3.63) is 63.9 Å². The summed E-state index contributed by atoms with van der Waals surface area (Å²) in [6.07, 6.45) is 3.32. The van der Waals surface area contributed by atoms with E-state index in [9.17, 15) is 13.2 Å². The fourth-order valence-electron chi connectivity index (χ4n) is 4.25. The first-order chi connectivity index (χ1) is 13.4. The highest BCUT2D eigenvalue weighted by molar-refractivity contribution is 7.90. The second-order valence-corrected chi connectivity index (χ2v) is 10.9. The molecule has 1 aromatic heterocycles. The van der Waals surface area contributed by atoms with Crippen molar-refractivity contribution in [2.75, 3.05) is 11.6 Å². The number of sulfone groups is 1. The molecular formula is C21H22ClN3O3S. The molecule has 0 radical (unpaired) electrons. The molecule has 1 atom stereocenters. The third kappa shape index (κ3) is 3.22. The highest BCUT2D eigenvalue weighted by Gasteiger charge is 2.48. The highest BCUT2D eigenvalue weighted by atomic mass is 35.5. The first kappa shape index (κ1) is 19.9. The minimum atomic E-state index is -3.41. The van der Waals surface area contributed by atoms with Gasteiger partial charge in [-0.1, -0.05) is 23.7 Å². The normalized spacial score (nSPS) is 23.0. The Morgan fingerprint density at radius 3 is 2.59 bits per heavy atom. The third-order valence-corrected chi connectivity index (χ3v) is 6.92. The molecule has 2 N–H and O–H groups in total. The van der Waals surface area contributed by atoms with Crippen LogP contribution in [0.2, 0.25) is 5.02 Å². The molecule has 0 aliphatic carbocycles. The first-order valence-corrected chi connectivity index (χ1v) is 11.5. The van der Waals surface area contributed by atoms with Crippen LogP contribution >= 0.6 is 11.6 Å². The molecule has 1 aromatic carbocycles. The van der Waals surface area contributed by atoms with Gasteiger partial charge in [0.1, 0.15) is 5.82 Å². The third-order valence-electron chi connectivity index (χ3n) is 5.60. The molecule has 2 aliphatic rings. The highest BCUT2D eigenvalue weighted by Crippen LogP contribution is 2.49. The summed E-state index contributed by atoms with van der Waals surface area (Å²) >= 11 is 6.25. The number of rotatable bonds is 2. The van der Waals surface area contributed by atoms with Gasteiger partial charge in [0.2, 0.25) is 0 Å². The Hall–Kier alpha value is -2.38. The van der Waals surface area contributed by atoms with E-state index >= 15 is 0 Å². The molecule has 2 aromatic rings. The lowest BCUT2D eigenvalue weighted by molar-refractivity contribution is -0.120. The summed E-state index contributed by atoms with van der Waals surface area (Å²) < 4.78 is 24.3. The molecule has 0 saturated carbocycles. The summed E-state index contributed by atoms with van der Waals surface area (Å²) in [4.78, 5) is 17.9. The van der Waals surface area contributed by atoms with Crippen molar-refractivity contribution in [3.8, 4) is 0 Å². The van der Waals surface area contributed by atoms with Gasteiger partial charge in [-0.05, 0) is 44.5 Å². The number of aromatic nitrogens is 1. The van der Waals surface area contributed by atoms with E-state index in [1.807, 2.05) is 26.8 Å². The quantitative estimate of drug-likeness (QED) is 0.760. The van der Waals surface area contributed by atoms with Gasteiger partial charge >= 0.3 is 0 Å². The van der Waals surface area contributed by atoms with Crippen LogP contribution in [0, 0.1) is 0 Å². The van der Waals surface area contributed by atoms with Crippen LogP contribution in [0.5, 0.6) is 0 Å². The largest absolute Gasteiger partial charge is 0.347 e. The molecule has 4 rings (SSSR count). The zero-order valence-electron chi connectivity index (χ0n) is 16.6. The number of hydrogen-bond acceptors (Lipinski definition) is 5. The SMILES string of the molecule is CC1(C)CC2=C(C(=O)N1)C(C)(c1cccc(S(C)(=O)=O)c1)c1cc(Cl)cnc1N2. The van der Waals surface area contributed by atoms with Gasteiger partial charge in [0.25, 0.3) is 5.91 Å². The van der Waals surface area contributed by atoms with E-state index in [1.165, 1.54) is 6.26 Å². The van der Waals surface area contributed by atoms with Crippen LogP contribution in [0.25, 0.3) is 0 Å². The number of anilines is 1. The molecule has 0 fully saturated rings. The Labute approximate surface area is 175 Å². The van der Waals surface area contributed by atoms with Crippen LogP contribution in [0.1, 0.15) is 38.3 Å². The minimum absolute atomic E-state index is 0.193. The molecule has 6 nitrogen and oxygen atoms in total. The van der Waals surface area contributed by atoms with Gasteiger partial charge in [0.05, 0.1) is 20.9 Å². The topological polar surface area (TPSA) is 88.2 Å². The Morgan fingerprint density at radius 1 is 1.17 bits per heavy atom. The number of halogens is 1. The summed E-state index contributed by atoms with van der Waals surface area (Å²) in [5.41, 5.74) is 1.42. The van der Waals surface area contributed by atoms with E-state index in [0.29, 0.717) is 28.4 Å². The molecule has 0 saturated heterocycles. The van der Waals surface area contributed by atoms with E-state index in [1.54, 1.807) is 30.5 Å². The molecule has 29 heavy (non-hydrogen) atoms.